The second-order valence-corrected chi connectivity index (χ2v) is 10.5. The summed E-state index contributed by atoms with van der Waals surface area (Å²) in [6, 6.07) is 30.1. The SMILES string of the molecule is C=Cc1cc2c(cc1/C=C\C)C(=O)/C(=C/c1cc3c(nc(-c4ccc5ccccc5c4)n3C)n1-c1ccccc1)C2=O. The molecule has 1 aliphatic carbocycles. The number of rotatable bonds is 5. The fourth-order valence-corrected chi connectivity index (χ4v) is 5.87. The lowest BCUT2D eigenvalue weighted by Gasteiger charge is -2.08. The van der Waals surface area contributed by atoms with Crippen LogP contribution in [0, 0.1) is 0 Å². The second-order valence-electron chi connectivity index (χ2n) is 10.5. The number of carbonyl (C=O) groups is 2. The zero-order valence-electron chi connectivity index (χ0n) is 23.3. The van der Waals surface area contributed by atoms with Gasteiger partial charge in [-0.15, -0.1) is 0 Å². The van der Waals surface area contributed by atoms with Gasteiger partial charge in [0, 0.05) is 29.4 Å². The number of aromatic nitrogens is 3. The molecule has 0 fully saturated rings. The smallest absolute Gasteiger partial charge is 0.197 e. The van der Waals surface area contributed by atoms with Crippen LogP contribution in [0.2, 0.25) is 0 Å². The molecule has 0 saturated heterocycles. The van der Waals surface area contributed by atoms with Crippen molar-refractivity contribution >= 4 is 51.7 Å². The number of hydrogen-bond acceptors (Lipinski definition) is 3. The van der Waals surface area contributed by atoms with Gasteiger partial charge >= 0.3 is 0 Å². The maximum atomic E-state index is 13.6. The fraction of sp³-hybridized carbons (Fsp3) is 0.0541. The van der Waals surface area contributed by atoms with E-state index in [0.29, 0.717) is 16.8 Å². The molecule has 202 valence electrons. The van der Waals surface area contributed by atoms with Crippen molar-refractivity contribution in [3.05, 3.63) is 137 Å². The van der Waals surface area contributed by atoms with E-state index < -0.39 is 0 Å². The Morgan fingerprint density at radius 2 is 1.48 bits per heavy atom. The molecule has 0 amide bonds. The molecule has 6 aromatic rings. The summed E-state index contributed by atoms with van der Waals surface area (Å²) >= 11 is 0. The van der Waals surface area contributed by atoms with E-state index in [1.165, 1.54) is 5.39 Å². The molecule has 0 radical (unpaired) electrons. The van der Waals surface area contributed by atoms with E-state index in [-0.39, 0.29) is 17.1 Å². The van der Waals surface area contributed by atoms with Gasteiger partial charge in [-0.1, -0.05) is 79.4 Å². The van der Waals surface area contributed by atoms with Crippen molar-refractivity contribution in [2.45, 2.75) is 6.92 Å². The van der Waals surface area contributed by atoms with Gasteiger partial charge in [-0.05, 0) is 71.3 Å². The van der Waals surface area contributed by atoms with Crippen LogP contribution in [0.1, 0.15) is 44.5 Å². The second kappa shape index (κ2) is 9.82. The molecule has 5 nitrogen and oxygen atoms in total. The Balaban J connectivity index is 1.40. The van der Waals surface area contributed by atoms with Gasteiger partial charge in [-0.25, -0.2) is 4.98 Å². The number of carbonyl (C=O) groups excluding carboxylic acids is 2. The Labute approximate surface area is 243 Å². The Bertz CT molecular complexity index is 2160. The van der Waals surface area contributed by atoms with Crippen LogP contribution >= 0.6 is 0 Å². The van der Waals surface area contributed by atoms with Crippen LogP contribution in [0.15, 0.2) is 109 Å². The predicted octanol–water partition coefficient (Wildman–Crippen LogP) is 8.32. The molecule has 0 atom stereocenters. The van der Waals surface area contributed by atoms with Crippen LogP contribution in [0.3, 0.4) is 0 Å². The van der Waals surface area contributed by atoms with E-state index in [2.05, 4.69) is 41.5 Å². The van der Waals surface area contributed by atoms with Crippen LogP contribution < -0.4 is 0 Å². The van der Waals surface area contributed by atoms with E-state index in [4.69, 9.17) is 4.98 Å². The summed E-state index contributed by atoms with van der Waals surface area (Å²) in [6.07, 6.45) is 7.24. The summed E-state index contributed by atoms with van der Waals surface area (Å²) < 4.78 is 4.07. The van der Waals surface area contributed by atoms with Gasteiger partial charge in [0.2, 0.25) is 0 Å². The molecule has 0 bridgehead atoms. The van der Waals surface area contributed by atoms with E-state index in [0.717, 1.165) is 44.8 Å². The number of hydrogen-bond donors (Lipinski definition) is 0. The molecule has 42 heavy (non-hydrogen) atoms. The number of benzene rings is 4. The molecular formula is C37H27N3O2. The highest BCUT2D eigenvalue weighted by atomic mass is 16.2. The zero-order valence-corrected chi connectivity index (χ0v) is 23.3. The van der Waals surface area contributed by atoms with E-state index in [1.54, 1.807) is 24.3 Å². The first-order valence-corrected chi connectivity index (χ1v) is 13.9. The third kappa shape index (κ3) is 3.90. The van der Waals surface area contributed by atoms with E-state index in [9.17, 15) is 9.59 Å². The molecule has 7 rings (SSSR count). The molecule has 0 N–H and O–H groups in total. The standard InChI is InChI=1S/C37H27N3O2/c1-4-11-25-20-31-30(19-23(25)5-2)34(41)32(35(31)42)21-29-22-33-37(40(29)28-14-7-6-8-15-28)38-36(39(33)3)27-17-16-24-12-9-10-13-26(24)18-27/h4-22H,2H2,1,3H3/b11-4-,32-21+. The lowest BCUT2D eigenvalue weighted by Crippen LogP contribution is -2.03. The number of para-hydroxylation sites is 1. The minimum absolute atomic E-state index is 0.146. The van der Waals surface area contributed by atoms with E-state index >= 15 is 0 Å². The first kappa shape index (κ1) is 25.4. The van der Waals surface area contributed by atoms with Gasteiger partial charge in [0.05, 0.1) is 16.8 Å². The van der Waals surface area contributed by atoms with Crippen LogP contribution in [0.4, 0.5) is 0 Å². The summed E-state index contributed by atoms with van der Waals surface area (Å²) in [6.45, 7) is 5.81. The Morgan fingerprint density at radius 1 is 0.786 bits per heavy atom. The summed E-state index contributed by atoms with van der Waals surface area (Å²) in [4.78, 5) is 32.3. The van der Waals surface area contributed by atoms with Gasteiger partial charge in [-0.3, -0.25) is 14.2 Å². The van der Waals surface area contributed by atoms with Crippen LogP contribution in [0.5, 0.6) is 0 Å². The number of allylic oxidation sites excluding steroid dienone is 2. The average Bonchev–Trinajstić information content (AvgIpc) is 3.61. The largest absolute Gasteiger partial charge is 0.326 e. The molecule has 5 heteroatoms. The Morgan fingerprint density at radius 3 is 2.19 bits per heavy atom. The molecule has 0 spiro atoms. The molecular weight excluding hydrogens is 518 g/mol. The molecule has 2 aromatic heterocycles. The highest BCUT2D eigenvalue weighted by molar-refractivity contribution is 6.41. The maximum Gasteiger partial charge on any atom is 0.197 e. The van der Waals surface area contributed by atoms with Gasteiger partial charge in [0.1, 0.15) is 5.82 Å². The lowest BCUT2D eigenvalue weighted by molar-refractivity contribution is 0.0990. The monoisotopic (exact) mass is 545 g/mol. The Hall–Kier alpha value is -5.55. The van der Waals surface area contributed by atoms with Crippen LogP contribution in [-0.2, 0) is 7.05 Å². The zero-order chi connectivity index (χ0) is 29.0. The van der Waals surface area contributed by atoms with Crippen molar-refractivity contribution in [1.82, 2.24) is 14.1 Å². The van der Waals surface area contributed by atoms with Gasteiger partial charge in [-0.2, -0.15) is 0 Å². The highest BCUT2D eigenvalue weighted by Gasteiger charge is 2.34. The number of imidazole rings is 1. The van der Waals surface area contributed by atoms with Crippen LogP contribution in [0.25, 0.3) is 57.2 Å². The summed E-state index contributed by atoms with van der Waals surface area (Å²) in [5.41, 5.74) is 6.91. The van der Waals surface area contributed by atoms with Crippen molar-refractivity contribution in [2.75, 3.05) is 0 Å². The number of Topliss-reactive ketones (excluding diaryl/α,β-unsaturated/α-hetero) is 2. The first-order chi connectivity index (χ1) is 20.5. The minimum Gasteiger partial charge on any atom is -0.326 e. The van der Waals surface area contributed by atoms with Crippen molar-refractivity contribution in [3.63, 3.8) is 0 Å². The summed E-state index contributed by atoms with van der Waals surface area (Å²) in [7, 11) is 1.99. The van der Waals surface area contributed by atoms with Crippen LogP contribution in [-0.4, -0.2) is 25.7 Å². The molecule has 0 unspecified atom stereocenters. The molecule has 0 aliphatic heterocycles. The fourth-order valence-electron chi connectivity index (χ4n) is 5.87. The van der Waals surface area contributed by atoms with Crippen molar-refractivity contribution < 1.29 is 9.59 Å². The number of nitrogens with zero attached hydrogens (tertiary/aromatic N) is 3. The first-order valence-electron chi connectivity index (χ1n) is 13.9. The van der Waals surface area contributed by atoms with Gasteiger partial charge < -0.3 is 4.57 Å². The molecule has 0 saturated carbocycles. The molecule has 4 aromatic carbocycles. The number of fused-ring (bicyclic) bond motifs is 3. The van der Waals surface area contributed by atoms with Crippen molar-refractivity contribution in [2.24, 2.45) is 7.05 Å². The third-order valence-electron chi connectivity index (χ3n) is 7.96. The highest BCUT2D eigenvalue weighted by Crippen LogP contribution is 2.35. The lowest BCUT2D eigenvalue weighted by atomic mass is 9.99. The van der Waals surface area contributed by atoms with Crippen molar-refractivity contribution in [3.8, 4) is 17.1 Å². The predicted molar refractivity (Wildman–Crippen MR) is 171 cm³/mol. The van der Waals surface area contributed by atoms with E-state index in [1.807, 2.05) is 79.2 Å². The summed E-state index contributed by atoms with van der Waals surface area (Å²) in [5, 5.41) is 2.32. The van der Waals surface area contributed by atoms with Gasteiger partial charge in [0.15, 0.2) is 17.2 Å². The third-order valence-corrected chi connectivity index (χ3v) is 7.96. The normalized spacial score (nSPS) is 14.1. The molecule has 2 heterocycles. The number of ketones is 2. The molecule has 1 aliphatic rings. The maximum absolute atomic E-state index is 13.6. The summed E-state index contributed by atoms with van der Waals surface area (Å²) in [5.74, 6) is 0.286. The average molecular weight is 546 g/mol. The number of aryl methyl sites for hydroxylation is 1. The minimum atomic E-state index is -0.278. The van der Waals surface area contributed by atoms with Gasteiger partial charge in [0.25, 0.3) is 0 Å². The quantitative estimate of drug-likeness (QED) is 0.162. The topological polar surface area (TPSA) is 56.9 Å². The Kier molecular flexibility index (Phi) is 5.94. The van der Waals surface area contributed by atoms with Crippen molar-refractivity contribution in [1.29, 1.82) is 0 Å².